The van der Waals surface area contributed by atoms with Crippen molar-refractivity contribution in [2.75, 3.05) is 6.54 Å². The van der Waals surface area contributed by atoms with Gasteiger partial charge in [0.1, 0.15) is 23.3 Å². The van der Waals surface area contributed by atoms with Crippen molar-refractivity contribution in [3.05, 3.63) is 59.6 Å². The number of ether oxygens (including phenoxy) is 1. The SMILES string of the molecule is CCCCCN1C(=O)C(=O)/C(=C(\O)c2ccc(OC(C)C)cc2)C1c1ccco1. The zero-order valence-electron chi connectivity index (χ0n) is 17.1. The normalized spacial score (nSPS) is 18.6. The lowest BCUT2D eigenvalue weighted by molar-refractivity contribution is -0.140. The maximum atomic E-state index is 12.8. The number of furan rings is 1. The highest BCUT2D eigenvalue weighted by Gasteiger charge is 2.47. The highest BCUT2D eigenvalue weighted by Crippen LogP contribution is 2.39. The molecule has 1 unspecified atom stereocenters. The Bertz CT molecular complexity index is 881. The van der Waals surface area contributed by atoms with Crippen LogP contribution in [0.5, 0.6) is 5.75 Å². The van der Waals surface area contributed by atoms with Gasteiger partial charge in [0.05, 0.1) is 17.9 Å². The summed E-state index contributed by atoms with van der Waals surface area (Å²) < 4.78 is 11.1. The third-order valence-corrected chi connectivity index (χ3v) is 4.85. The molecule has 1 aromatic carbocycles. The molecule has 2 aromatic rings. The van der Waals surface area contributed by atoms with Gasteiger partial charge in [-0.2, -0.15) is 0 Å². The number of Topliss-reactive ketones (excluding diaryl/α,β-unsaturated/α-hetero) is 1. The fourth-order valence-corrected chi connectivity index (χ4v) is 3.50. The van der Waals surface area contributed by atoms with E-state index in [9.17, 15) is 14.7 Å². The number of carbonyl (C=O) groups excluding carboxylic acids is 2. The molecule has 1 aliphatic rings. The van der Waals surface area contributed by atoms with E-state index in [1.807, 2.05) is 13.8 Å². The lowest BCUT2D eigenvalue weighted by Crippen LogP contribution is -2.30. The van der Waals surface area contributed by atoms with Gasteiger partial charge in [0.15, 0.2) is 0 Å². The van der Waals surface area contributed by atoms with E-state index in [-0.39, 0.29) is 17.4 Å². The van der Waals surface area contributed by atoms with Gasteiger partial charge < -0.3 is 19.2 Å². The first-order valence-electron chi connectivity index (χ1n) is 10.0. The molecule has 1 fully saturated rings. The zero-order valence-corrected chi connectivity index (χ0v) is 17.1. The molecule has 0 aliphatic carbocycles. The Morgan fingerprint density at radius 2 is 1.90 bits per heavy atom. The average molecular weight is 397 g/mol. The quantitative estimate of drug-likeness (QED) is 0.303. The number of aliphatic hydroxyl groups is 1. The van der Waals surface area contributed by atoms with Crippen LogP contribution < -0.4 is 4.74 Å². The molecule has 0 saturated carbocycles. The number of hydrogen-bond donors (Lipinski definition) is 1. The first-order valence-corrected chi connectivity index (χ1v) is 10.0. The van der Waals surface area contributed by atoms with Crippen molar-refractivity contribution in [2.45, 2.75) is 52.2 Å². The number of rotatable bonds is 8. The van der Waals surface area contributed by atoms with Crippen LogP contribution >= 0.6 is 0 Å². The average Bonchev–Trinajstić information content (AvgIpc) is 3.30. The molecule has 6 nitrogen and oxygen atoms in total. The first kappa shape index (κ1) is 20.7. The number of unbranched alkanes of at least 4 members (excludes halogenated alkanes) is 2. The maximum Gasteiger partial charge on any atom is 0.295 e. The van der Waals surface area contributed by atoms with Crippen LogP contribution in [0.25, 0.3) is 5.76 Å². The Balaban J connectivity index is 1.99. The molecule has 29 heavy (non-hydrogen) atoms. The summed E-state index contributed by atoms with van der Waals surface area (Å²) in [6.07, 6.45) is 4.26. The predicted octanol–water partition coefficient (Wildman–Crippen LogP) is 4.68. The van der Waals surface area contributed by atoms with Crippen LogP contribution in [0.2, 0.25) is 0 Å². The van der Waals surface area contributed by atoms with Crippen molar-refractivity contribution >= 4 is 17.4 Å². The van der Waals surface area contributed by atoms with Crippen molar-refractivity contribution < 1.29 is 23.8 Å². The number of nitrogens with zero attached hydrogens (tertiary/aromatic N) is 1. The summed E-state index contributed by atoms with van der Waals surface area (Å²) in [6.45, 7) is 6.36. The van der Waals surface area contributed by atoms with E-state index in [4.69, 9.17) is 9.15 Å². The Morgan fingerprint density at radius 3 is 2.48 bits per heavy atom. The number of likely N-dealkylation sites (tertiary alicyclic amines) is 1. The highest BCUT2D eigenvalue weighted by atomic mass is 16.5. The standard InChI is InChI=1S/C23H27NO5/c1-4-5-6-13-24-20(18-8-7-14-28-18)19(22(26)23(24)27)21(25)16-9-11-17(12-10-16)29-15(2)3/h7-12,14-15,20,25H,4-6,13H2,1-3H3/b21-19-. The minimum absolute atomic E-state index is 0.0295. The fourth-order valence-electron chi connectivity index (χ4n) is 3.50. The number of ketones is 1. The summed E-state index contributed by atoms with van der Waals surface area (Å²) in [5.74, 6) is -0.383. The van der Waals surface area contributed by atoms with Crippen molar-refractivity contribution in [3.8, 4) is 5.75 Å². The Hall–Kier alpha value is -3.02. The zero-order chi connectivity index (χ0) is 21.0. The molecule has 1 aliphatic heterocycles. The monoisotopic (exact) mass is 397 g/mol. The molecule has 1 aromatic heterocycles. The van der Waals surface area contributed by atoms with Gasteiger partial charge in [-0.3, -0.25) is 9.59 Å². The van der Waals surface area contributed by atoms with Gasteiger partial charge in [0.25, 0.3) is 11.7 Å². The van der Waals surface area contributed by atoms with E-state index in [0.29, 0.717) is 23.6 Å². The topological polar surface area (TPSA) is 80.0 Å². The van der Waals surface area contributed by atoms with Crippen LogP contribution in [0.1, 0.15) is 57.4 Å². The molecule has 1 N–H and O–H groups in total. The number of hydrogen-bond acceptors (Lipinski definition) is 5. The summed E-state index contributed by atoms with van der Waals surface area (Å²) in [5, 5.41) is 10.9. The van der Waals surface area contributed by atoms with Crippen LogP contribution in [0, 0.1) is 0 Å². The number of carbonyl (C=O) groups is 2. The van der Waals surface area contributed by atoms with E-state index in [1.165, 1.54) is 11.2 Å². The molecule has 1 atom stereocenters. The van der Waals surface area contributed by atoms with Gasteiger partial charge in [-0.05, 0) is 56.7 Å². The van der Waals surface area contributed by atoms with Gasteiger partial charge in [-0.25, -0.2) is 0 Å². The van der Waals surface area contributed by atoms with E-state index >= 15 is 0 Å². The largest absolute Gasteiger partial charge is 0.507 e. The van der Waals surface area contributed by atoms with Crippen molar-refractivity contribution in [3.63, 3.8) is 0 Å². The van der Waals surface area contributed by atoms with Crippen molar-refractivity contribution in [2.24, 2.45) is 0 Å². The molecule has 1 amide bonds. The molecule has 1 saturated heterocycles. The number of benzene rings is 1. The van der Waals surface area contributed by atoms with Crippen LogP contribution in [0.4, 0.5) is 0 Å². The summed E-state index contributed by atoms with van der Waals surface area (Å²) in [5.41, 5.74) is 0.503. The van der Waals surface area contributed by atoms with Crippen LogP contribution in [-0.4, -0.2) is 34.3 Å². The van der Waals surface area contributed by atoms with Crippen LogP contribution in [0.3, 0.4) is 0 Å². The van der Waals surface area contributed by atoms with E-state index in [1.54, 1.807) is 36.4 Å². The lowest BCUT2D eigenvalue weighted by Gasteiger charge is -2.23. The molecule has 154 valence electrons. The van der Waals surface area contributed by atoms with E-state index < -0.39 is 17.7 Å². The minimum atomic E-state index is -0.728. The van der Waals surface area contributed by atoms with Gasteiger partial charge in [-0.15, -0.1) is 0 Å². The summed E-state index contributed by atoms with van der Waals surface area (Å²) in [7, 11) is 0. The Morgan fingerprint density at radius 1 is 1.17 bits per heavy atom. The smallest absolute Gasteiger partial charge is 0.295 e. The second-order valence-electron chi connectivity index (χ2n) is 7.41. The van der Waals surface area contributed by atoms with Crippen molar-refractivity contribution in [1.82, 2.24) is 4.90 Å². The van der Waals surface area contributed by atoms with Gasteiger partial charge >= 0.3 is 0 Å². The second-order valence-corrected chi connectivity index (χ2v) is 7.41. The first-order chi connectivity index (χ1) is 13.9. The van der Waals surface area contributed by atoms with Crippen LogP contribution in [-0.2, 0) is 9.59 Å². The summed E-state index contributed by atoms with van der Waals surface area (Å²) >= 11 is 0. The number of aliphatic hydroxyl groups excluding tert-OH is 1. The molecule has 0 radical (unpaired) electrons. The third-order valence-electron chi connectivity index (χ3n) is 4.85. The molecule has 3 rings (SSSR count). The van der Waals surface area contributed by atoms with Crippen LogP contribution in [0.15, 0.2) is 52.7 Å². The Labute approximate surface area is 170 Å². The molecule has 0 bridgehead atoms. The predicted molar refractivity (Wildman–Crippen MR) is 109 cm³/mol. The van der Waals surface area contributed by atoms with Gasteiger partial charge in [0.2, 0.25) is 0 Å². The highest BCUT2D eigenvalue weighted by molar-refractivity contribution is 6.46. The summed E-state index contributed by atoms with van der Waals surface area (Å²) in [6, 6.07) is 9.51. The maximum absolute atomic E-state index is 12.8. The molecule has 2 heterocycles. The third kappa shape index (κ3) is 4.36. The lowest BCUT2D eigenvalue weighted by atomic mass is 9.99. The Kier molecular flexibility index (Phi) is 6.42. The molecule has 0 spiro atoms. The second kappa shape index (κ2) is 8.99. The number of amides is 1. The fraction of sp³-hybridized carbons (Fsp3) is 0.391. The minimum Gasteiger partial charge on any atom is -0.507 e. The molecular weight excluding hydrogens is 370 g/mol. The van der Waals surface area contributed by atoms with Crippen molar-refractivity contribution in [1.29, 1.82) is 0 Å². The van der Waals surface area contributed by atoms with E-state index in [0.717, 1.165) is 19.3 Å². The van der Waals surface area contributed by atoms with Gasteiger partial charge in [0, 0.05) is 12.1 Å². The summed E-state index contributed by atoms with van der Waals surface area (Å²) in [4.78, 5) is 27.0. The van der Waals surface area contributed by atoms with E-state index in [2.05, 4.69) is 6.92 Å². The molecule has 6 heteroatoms. The molecular formula is C23H27NO5. The van der Waals surface area contributed by atoms with Gasteiger partial charge in [-0.1, -0.05) is 19.8 Å².